The number of rotatable bonds is 2. The summed E-state index contributed by atoms with van der Waals surface area (Å²) in [5.41, 5.74) is 1.29. The summed E-state index contributed by atoms with van der Waals surface area (Å²) in [6, 6.07) is 8.33. The Hall–Kier alpha value is -0.760. The van der Waals surface area contributed by atoms with E-state index in [1.54, 1.807) is 6.21 Å². The Bertz CT molecular complexity index is 238. The van der Waals surface area contributed by atoms with E-state index in [4.69, 9.17) is 0 Å². The molecule has 0 N–H and O–H groups in total. The van der Waals surface area contributed by atoms with Gasteiger partial charge in [-0.1, -0.05) is 17.7 Å². The monoisotopic (exact) mass is 165 g/mol. The summed E-state index contributed by atoms with van der Waals surface area (Å²) in [4.78, 5) is 1.19. The summed E-state index contributed by atoms with van der Waals surface area (Å²) in [5.74, 6) is 0. The zero-order chi connectivity index (χ0) is 8.10. The molecule has 11 heavy (non-hydrogen) atoms. The van der Waals surface area contributed by atoms with Crippen molar-refractivity contribution in [2.75, 3.05) is 0 Å². The van der Waals surface area contributed by atoms with Crippen molar-refractivity contribution >= 4 is 18.2 Å². The van der Waals surface area contributed by atoms with Crippen molar-refractivity contribution in [2.45, 2.75) is 18.7 Å². The number of hydrogen-bond acceptors (Lipinski definition) is 2. The van der Waals surface area contributed by atoms with E-state index < -0.39 is 0 Å². The Labute approximate surface area is 71.7 Å². The Kier molecular flexibility index (Phi) is 3.17. The van der Waals surface area contributed by atoms with Gasteiger partial charge >= 0.3 is 0 Å². The van der Waals surface area contributed by atoms with Gasteiger partial charge in [0, 0.05) is 23.1 Å². The molecule has 0 saturated carbocycles. The molecule has 0 bridgehead atoms. The molecular weight excluding hydrogens is 154 g/mol. The maximum atomic E-state index is 4.06. The second kappa shape index (κ2) is 4.19. The third-order valence-electron chi connectivity index (χ3n) is 1.28. The molecule has 1 aromatic carbocycles. The lowest BCUT2D eigenvalue weighted by molar-refractivity contribution is 1.38. The lowest BCUT2D eigenvalue weighted by Gasteiger charge is -1.94. The van der Waals surface area contributed by atoms with E-state index in [1.807, 2.05) is 6.92 Å². The first-order valence-electron chi connectivity index (χ1n) is 3.54. The first kappa shape index (κ1) is 8.34. The van der Waals surface area contributed by atoms with Gasteiger partial charge in [-0.15, -0.1) is 0 Å². The summed E-state index contributed by atoms with van der Waals surface area (Å²) in [5, 5.41) is 0. The Morgan fingerprint density at radius 3 is 2.45 bits per heavy atom. The number of nitrogens with zero attached hydrogens (tertiary/aromatic N) is 1. The van der Waals surface area contributed by atoms with Crippen molar-refractivity contribution < 1.29 is 0 Å². The van der Waals surface area contributed by atoms with Crippen LogP contribution in [0.25, 0.3) is 0 Å². The SMILES string of the molecule is C/C=N/Sc1ccc(C)cc1. The molecule has 0 saturated heterocycles. The fourth-order valence-corrected chi connectivity index (χ4v) is 1.20. The molecule has 58 valence electrons. The minimum Gasteiger partial charge on any atom is -0.224 e. The van der Waals surface area contributed by atoms with Crippen molar-refractivity contribution in [2.24, 2.45) is 4.40 Å². The largest absolute Gasteiger partial charge is 0.224 e. The van der Waals surface area contributed by atoms with Crippen molar-refractivity contribution in [3.63, 3.8) is 0 Å². The molecule has 0 aliphatic rings. The van der Waals surface area contributed by atoms with E-state index in [9.17, 15) is 0 Å². The second-order valence-corrected chi connectivity index (χ2v) is 3.13. The molecule has 0 radical (unpaired) electrons. The van der Waals surface area contributed by atoms with Crippen LogP contribution >= 0.6 is 11.9 Å². The van der Waals surface area contributed by atoms with E-state index in [-0.39, 0.29) is 0 Å². The molecule has 0 aromatic heterocycles. The van der Waals surface area contributed by atoms with Gasteiger partial charge in [0.15, 0.2) is 0 Å². The van der Waals surface area contributed by atoms with Gasteiger partial charge in [-0.2, -0.15) is 0 Å². The normalized spacial score (nSPS) is 10.7. The lowest BCUT2D eigenvalue weighted by Crippen LogP contribution is -1.70. The molecule has 0 amide bonds. The number of benzene rings is 1. The molecule has 0 unspecified atom stereocenters. The molecule has 1 aromatic rings. The first-order valence-corrected chi connectivity index (χ1v) is 4.32. The van der Waals surface area contributed by atoms with Gasteiger partial charge in [0.25, 0.3) is 0 Å². The van der Waals surface area contributed by atoms with Gasteiger partial charge in [0.2, 0.25) is 0 Å². The smallest absolute Gasteiger partial charge is 0.0305 e. The fraction of sp³-hybridized carbons (Fsp3) is 0.222. The summed E-state index contributed by atoms with van der Waals surface area (Å²) in [7, 11) is 0. The Morgan fingerprint density at radius 1 is 1.27 bits per heavy atom. The van der Waals surface area contributed by atoms with Crippen molar-refractivity contribution in [1.29, 1.82) is 0 Å². The Balaban J connectivity index is 2.66. The highest BCUT2D eigenvalue weighted by Gasteiger charge is 1.88. The minimum atomic E-state index is 1.19. The van der Waals surface area contributed by atoms with E-state index >= 15 is 0 Å². The van der Waals surface area contributed by atoms with Crippen molar-refractivity contribution in [1.82, 2.24) is 0 Å². The highest BCUT2D eigenvalue weighted by atomic mass is 32.2. The summed E-state index contributed by atoms with van der Waals surface area (Å²) in [6.45, 7) is 4.00. The molecule has 0 heterocycles. The maximum absolute atomic E-state index is 4.06. The van der Waals surface area contributed by atoms with E-state index in [0.29, 0.717) is 0 Å². The van der Waals surface area contributed by atoms with E-state index in [2.05, 4.69) is 35.6 Å². The van der Waals surface area contributed by atoms with Crippen LogP contribution in [0.4, 0.5) is 0 Å². The predicted octanol–water partition coefficient (Wildman–Crippen LogP) is 3.09. The van der Waals surface area contributed by atoms with Gasteiger partial charge < -0.3 is 0 Å². The van der Waals surface area contributed by atoms with Crippen LogP contribution in [0, 0.1) is 6.92 Å². The zero-order valence-corrected chi connectivity index (χ0v) is 7.56. The molecule has 0 atom stereocenters. The summed E-state index contributed by atoms with van der Waals surface area (Å²) < 4.78 is 4.06. The van der Waals surface area contributed by atoms with Crippen LogP contribution in [0.5, 0.6) is 0 Å². The molecule has 0 spiro atoms. The second-order valence-electron chi connectivity index (χ2n) is 2.27. The van der Waals surface area contributed by atoms with Crippen LogP contribution in [0.3, 0.4) is 0 Å². The third kappa shape index (κ3) is 2.76. The standard InChI is InChI=1S/C9H11NS/c1-3-10-11-9-6-4-8(2)5-7-9/h3-7H,1-2H3/b10-3+. The van der Waals surface area contributed by atoms with Crippen molar-refractivity contribution in [3.8, 4) is 0 Å². The van der Waals surface area contributed by atoms with Gasteiger partial charge in [-0.25, -0.2) is 4.40 Å². The van der Waals surface area contributed by atoms with Crippen LogP contribution in [0.1, 0.15) is 12.5 Å². The molecule has 1 nitrogen and oxygen atoms in total. The van der Waals surface area contributed by atoms with E-state index in [1.165, 1.54) is 22.4 Å². The van der Waals surface area contributed by atoms with Crippen LogP contribution in [0.15, 0.2) is 33.6 Å². The van der Waals surface area contributed by atoms with Crippen molar-refractivity contribution in [3.05, 3.63) is 29.8 Å². The highest BCUT2D eigenvalue weighted by Crippen LogP contribution is 2.18. The third-order valence-corrected chi connectivity index (χ3v) is 2.08. The molecule has 0 aliphatic carbocycles. The molecular formula is C9H11NS. The summed E-state index contributed by atoms with van der Waals surface area (Å²) in [6.07, 6.45) is 1.80. The van der Waals surface area contributed by atoms with Gasteiger partial charge in [-0.3, -0.25) is 0 Å². The van der Waals surface area contributed by atoms with Gasteiger partial charge in [0.1, 0.15) is 0 Å². The zero-order valence-electron chi connectivity index (χ0n) is 6.74. The topological polar surface area (TPSA) is 12.4 Å². The lowest BCUT2D eigenvalue weighted by atomic mass is 10.2. The first-order chi connectivity index (χ1) is 5.33. The van der Waals surface area contributed by atoms with Gasteiger partial charge in [-0.05, 0) is 26.0 Å². The average Bonchev–Trinajstić information content (AvgIpc) is 2.04. The van der Waals surface area contributed by atoms with Crippen LogP contribution < -0.4 is 0 Å². The molecule has 0 aliphatic heterocycles. The number of hydrogen-bond donors (Lipinski definition) is 0. The Morgan fingerprint density at radius 2 is 1.91 bits per heavy atom. The molecule has 2 heteroatoms. The summed E-state index contributed by atoms with van der Waals surface area (Å²) >= 11 is 1.50. The predicted molar refractivity (Wildman–Crippen MR) is 51.2 cm³/mol. The fourth-order valence-electron chi connectivity index (χ4n) is 0.713. The quantitative estimate of drug-likeness (QED) is 0.484. The van der Waals surface area contributed by atoms with E-state index in [0.717, 1.165) is 0 Å². The maximum Gasteiger partial charge on any atom is 0.0305 e. The van der Waals surface area contributed by atoms with Crippen LogP contribution in [0.2, 0.25) is 0 Å². The van der Waals surface area contributed by atoms with Gasteiger partial charge in [0.05, 0.1) is 0 Å². The van der Waals surface area contributed by atoms with Crippen LogP contribution in [-0.4, -0.2) is 6.21 Å². The van der Waals surface area contributed by atoms with Crippen LogP contribution in [-0.2, 0) is 0 Å². The average molecular weight is 165 g/mol. The highest BCUT2D eigenvalue weighted by molar-refractivity contribution is 7.98. The number of aryl methyl sites for hydroxylation is 1. The molecule has 1 rings (SSSR count). The molecule has 0 fully saturated rings. The minimum absolute atomic E-state index is 1.19.